The molecule has 2 rings (SSSR count). The SMILES string of the molecule is CCC(N)(Cc1ccccc1)c1cc(F)ccc1Cl. The van der Waals surface area contributed by atoms with Crippen LogP contribution >= 0.6 is 11.6 Å². The molecule has 0 bridgehead atoms. The Morgan fingerprint density at radius 1 is 1.16 bits per heavy atom. The van der Waals surface area contributed by atoms with Gasteiger partial charge < -0.3 is 5.73 Å². The van der Waals surface area contributed by atoms with Crippen molar-refractivity contribution in [3.63, 3.8) is 0 Å². The predicted octanol–water partition coefficient (Wildman–Crippen LogP) is 4.29. The Labute approximate surface area is 118 Å². The second-order valence-electron chi connectivity index (χ2n) is 4.80. The Hall–Kier alpha value is -1.38. The minimum absolute atomic E-state index is 0.310. The molecule has 1 atom stereocenters. The molecule has 2 N–H and O–H groups in total. The molecular weight excluding hydrogens is 261 g/mol. The highest BCUT2D eigenvalue weighted by atomic mass is 35.5. The lowest BCUT2D eigenvalue weighted by Gasteiger charge is -2.30. The first kappa shape index (κ1) is 14.0. The molecule has 0 fully saturated rings. The lowest BCUT2D eigenvalue weighted by atomic mass is 9.82. The zero-order valence-corrected chi connectivity index (χ0v) is 11.6. The van der Waals surface area contributed by atoms with Gasteiger partial charge in [-0.1, -0.05) is 48.9 Å². The van der Waals surface area contributed by atoms with Crippen LogP contribution in [0.1, 0.15) is 24.5 Å². The van der Waals surface area contributed by atoms with Gasteiger partial charge in [0.15, 0.2) is 0 Å². The molecule has 19 heavy (non-hydrogen) atoms. The summed E-state index contributed by atoms with van der Waals surface area (Å²) in [5.74, 6) is -0.310. The lowest BCUT2D eigenvalue weighted by Crippen LogP contribution is -2.38. The molecule has 2 aromatic rings. The van der Waals surface area contributed by atoms with E-state index >= 15 is 0 Å². The maximum absolute atomic E-state index is 13.4. The molecule has 1 nitrogen and oxygen atoms in total. The number of benzene rings is 2. The van der Waals surface area contributed by atoms with E-state index in [1.165, 1.54) is 12.1 Å². The molecule has 0 radical (unpaired) electrons. The van der Waals surface area contributed by atoms with Crippen molar-refractivity contribution in [1.82, 2.24) is 0 Å². The minimum atomic E-state index is -0.652. The molecule has 0 heterocycles. The first-order valence-electron chi connectivity index (χ1n) is 6.33. The fourth-order valence-electron chi connectivity index (χ4n) is 2.25. The van der Waals surface area contributed by atoms with Gasteiger partial charge in [-0.2, -0.15) is 0 Å². The molecule has 0 aliphatic heterocycles. The molecule has 0 saturated carbocycles. The molecule has 100 valence electrons. The van der Waals surface area contributed by atoms with E-state index in [-0.39, 0.29) is 5.82 Å². The van der Waals surface area contributed by atoms with Crippen LogP contribution in [0.15, 0.2) is 48.5 Å². The van der Waals surface area contributed by atoms with Gasteiger partial charge in [0.25, 0.3) is 0 Å². The van der Waals surface area contributed by atoms with Gasteiger partial charge in [0.05, 0.1) is 0 Å². The van der Waals surface area contributed by atoms with E-state index in [9.17, 15) is 4.39 Å². The summed E-state index contributed by atoms with van der Waals surface area (Å²) in [4.78, 5) is 0. The Morgan fingerprint density at radius 2 is 1.84 bits per heavy atom. The van der Waals surface area contributed by atoms with Gasteiger partial charge in [-0.15, -0.1) is 0 Å². The van der Waals surface area contributed by atoms with Gasteiger partial charge in [-0.25, -0.2) is 4.39 Å². The van der Waals surface area contributed by atoms with Crippen LogP contribution in [0.5, 0.6) is 0 Å². The summed E-state index contributed by atoms with van der Waals surface area (Å²) in [7, 11) is 0. The van der Waals surface area contributed by atoms with Crippen molar-refractivity contribution in [3.05, 3.63) is 70.5 Å². The first-order chi connectivity index (χ1) is 9.05. The molecule has 0 spiro atoms. The summed E-state index contributed by atoms with van der Waals surface area (Å²) < 4.78 is 13.4. The highest BCUT2D eigenvalue weighted by Crippen LogP contribution is 2.32. The molecule has 2 aromatic carbocycles. The summed E-state index contributed by atoms with van der Waals surface area (Å²) in [6.45, 7) is 1.99. The number of hydrogen-bond acceptors (Lipinski definition) is 1. The van der Waals surface area contributed by atoms with E-state index < -0.39 is 5.54 Å². The largest absolute Gasteiger partial charge is 0.321 e. The van der Waals surface area contributed by atoms with Crippen LogP contribution in [-0.4, -0.2) is 0 Å². The third-order valence-corrected chi connectivity index (χ3v) is 3.79. The van der Waals surface area contributed by atoms with Gasteiger partial charge in [0.1, 0.15) is 5.82 Å². The summed E-state index contributed by atoms with van der Waals surface area (Å²) in [6.07, 6.45) is 1.32. The Bertz CT molecular complexity index is 556. The highest BCUT2D eigenvalue weighted by molar-refractivity contribution is 6.31. The normalized spacial score (nSPS) is 14.1. The molecule has 0 saturated heterocycles. The molecule has 0 aromatic heterocycles. The smallest absolute Gasteiger partial charge is 0.123 e. The number of halogens is 2. The number of nitrogens with two attached hydrogens (primary N) is 1. The van der Waals surface area contributed by atoms with E-state index in [1.54, 1.807) is 6.07 Å². The van der Waals surface area contributed by atoms with Crippen molar-refractivity contribution in [2.45, 2.75) is 25.3 Å². The monoisotopic (exact) mass is 277 g/mol. The highest BCUT2D eigenvalue weighted by Gasteiger charge is 2.28. The summed E-state index contributed by atoms with van der Waals surface area (Å²) in [6, 6.07) is 14.3. The van der Waals surface area contributed by atoms with Gasteiger partial charge in [0.2, 0.25) is 0 Å². The van der Waals surface area contributed by atoms with E-state index in [2.05, 4.69) is 0 Å². The van der Waals surface area contributed by atoms with Crippen molar-refractivity contribution in [2.24, 2.45) is 5.73 Å². The molecule has 0 aliphatic carbocycles. The van der Waals surface area contributed by atoms with E-state index in [0.29, 0.717) is 23.4 Å². The maximum atomic E-state index is 13.4. The molecule has 1 unspecified atom stereocenters. The summed E-state index contributed by atoms with van der Waals surface area (Å²) in [5, 5.41) is 0.515. The standard InChI is InChI=1S/C16H17ClFN/c1-2-16(19,11-12-6-4-3-5-7-12)14-10-13(18)8-9-15(14)17/h3-10H,2,11,19H2,1H3. The van der Waals surface area contributed by atoms with Gasteiger partial charge >= 0.3 is 0 Å². The minimum Gasteiger partial charge on any atom is -0.321 e. The van der Waals surface area contributed by atoms with Crippen LogP contribution in [0.3, 0.4) is 0 Å². The van der Waals surface area contributed by atoms with E-state index in [0.717, 1.165) is 5.56 Å². The molecule has 0 aliphatic rings. The fraction of sp³-hybridized carbons (Fsp3) is 0.250. The Morgan fingerprint density at radius 3 is 2.47 bits per heavy atom. The second kappa shape index (κ2) is 5.72. The van der Waals surface area contributed by atoms with Crippen LogP contribution < -0.4 is 5.73 Å². The molecular formula is C16H17ClFN. The first-order valence-corrected chi connectivity index (χ1v) is 6.71. The van der Waals surface area contributed by atoms with Gasteiger partial charge in [-0.05, 0) is 42.2 Å². The van der Waals surface area contributed by atoms with E-state index in [1.807, 2.05) is 37.3 Å². The van der Waals surface area contributed by atoms with Gasteiger partial charge in [-0.3, -0.25) is 0 Å². The van der Waals surface area contributed by atoms with Crippen molar-refractivity contribution >= 4 is 11.6 Å². The molecule has 3 heteroatoms. The van der Waals surface area contributed by atoms with Crippen LogP contribution in [-0.2, 0) is 12.0 Å². The maximum Gasteiger partial charge on any atom is 0.123 e. The lowest BCUT2D eigenvalue weighted by molar-refractivity contribution is 0.422. The number of hydrogen-bond donors (Lipinski definition) is 1. The third-order valence-electron chi connectivity index (χ3n) is 3.46. The van der Waals surface area contributed by atoms with Crippen LogP contribution in [0, 0.1) is 5.82 Å². The van der Waals surface area contributed by atoms with Crippen molar-refractivity contribution in [2.75, 3.05) is 0 Å². The van der Waals surface area contributed by atoms with Crippen LogP contribution in [0.2, 0.25) is 5.02 Å². The Balaban J connectivity index is 2.39. The third kappa shape index (κ3) is 3.14. The average Bonchev–Trinajstić information content (AvgIpc) is 2.42. The Kier molecular flexibility index (Phi) is 4.23. The number of rotatable bonds is 4. The summed E-state index contributed by atoms with van der Waals surface area (Å²) >= 11 is 6.18. The molecule has 0 amide bonds. The van der Waals surface area contributed by atoms with Crippen molar-refractivity contribution in [1.29, 1.82) is 0 Å². The summed E-state index contributed by atoms with van der Waals surface area (Å²) in [5.41, 5.74) is 7.60. The fourth-order valence-corrected chi connectivity index (χ4v) is 2.56. The van der Waals surface area contributed by atoms with E-state index in [4.69, 9.17) is 17.3 Å². The van der Waals surface area contributed by atoms with Crippen LogP contribution in [0.25, 0.3) is 0 Å². The average molecular weight is 278 g/mol. The quantitative estimate of drug-likeness (QED) is 0.887. The zero-order valence-electron chi connectivity index (χ0n) is 10.9. The zero-order chi connectivity index (χ0) is 13.9. The predicted molar refractivity (Wildman–Crippen MR) is 77.7 cm³/mol. The van der Waals surface area contributed by atoms with Crippen LogP contribution in [0.4, 0.5) is 4.39 Å². The van der Waals surface area contributed by atoms with Gasteiger partial charge in [0, 0.05) is 10.6 Å². The topological polar surface area (TPSA) is 26.0 Å². The van der Waals surface area contributed by atoms with Crippen molar-refractivity contribution in [3.8, 4) is 0 Å². The van der Waals surface area contributed by atoms with Crippen molar-refractivity contribution < 1.29 is 4.39 Å². The second-order valence-corrected chi connectivity index (χ2v) is 5.20.